The van der Waals surface area contributed by atoms with E-state index in [9.17, 15) is 13.2 Å². The first-order valence-electron chi connectivity index (χ1n) is 8.81. The Balaban J connectivity index is 2.22. The third-order valence-electron chi connectivity index (χ3n) is 4.05. The summed E-state index contributed by atoms with van der Waals surface area (Å²) in [5.41, 5.74) is 1.55. The molecule has 1 amide bonds. The molecule has 0 fully saturated rings. The summed E-state index contributed by atoms with van der Waals surface area (Å²) in [5, 5.41) is 3.19. The van der Waals surface area contributed by atoms with Crippen molar-refractivity contribution in [3.63, 3.8) is 0 Å². The van der Waals surface area contributed by atoms with Crippen LogP contribution in [0.25, 0.3) is 0 Å². The van der Waals surface area contributed by atoms with E-state index in [-0.39, 0.29) is 22.5 Å². The van der Waals surface area contributed by atoms with Crippen molar-refractivity contribution in [3.05, 3.63) is 58.6 Å². The van der Waals surface area contributed by atoms with Crippen molar-refractivity contribution < 1.29 is 17.9 Å². The Labute approximate surface area is 171 Å². The Morgan fingerprint density at radius 1 is 1.14 bits per heavy atom. The van der Waals surface area contributed by atoms with Crippen molar-refractivity contribution in [2.45, 2.75) is 26.3 Å². The van der Waals surface area contributed by atoms with Gasteiger partial charge in [-0.15, -0.1) is 0 Å². The predicted octanol–water partition coefficient (Wildman–Crippen LogP) is 4.24. The number of hydrogen-bond donors (Lipinski definition) is 2. The molecule has 28 heavy (non-hydrogen) atoms. The fourth-order valence-corrected chi connectivity index (χ4v) is 3.62. The van der Waals surface area contributed by atoms with Crippen molar-refractivity contribution in [1.29, 1.82) is 0 Å². The van der Waals surface area contributed by atoms with Crippen LogP contribution in [0.3, 0.4) is 0 Å². The number of hydrogen-bond acceptors (Lipinski definition) is 4. The number of amides is 1. The Morgan fingerprint density at radius 2 is 1.79 bits per heavy atom. The highest BCUT2D eigenvalue weighted by Crippen LogP contribution is 2.26. The molecule has 0 saturated heterocycles. The van der Waals surface area contributed by atoms with Crippen LogP contribution in [0.15, 0.2) is 42.5 Å². The Hall–Kier alpha value is -2.25. The third-order valence-corrected chi connectivity index (χ3v) is 4.97. The quantitative estimate of drug-likeness (QED) is 0.663. The van der Waals surface area contributed by atoms with Gasteiger partial charge in [0.15, 0.2) is 0 Å². The van der Waals surface area contributed by atoms with E-state index >= 15 is 0 Å². The van der Waals surface area contributed by atoms with Crippen LogP contribution in [0.5, 0.6) is 5.75 Å². The molecule has 2 rings (SSSR count). The van der Waals surface area contributed by atoms with Gasteiger partial charge in [-0.1, -0.05) is 37.6 Å². The zero-order valence-corrected chi connectivity index (χ0v) is 17.9. The maximum absolute atomic E-state index is 12.8. The summed E-state index contributed by atoms with van der Waals surface area (Å²) in [4.78, 5) is 12.8. The van der Waals surface area contributed by atoms with E-state index in [1.165, 1.54) is 18.2 Å². The molecule has 0 bridgehead atoms. The van der Waals surface area contributed by atoms with E-state index in [2.05, 4.69) is 23.9 Å². The van der Waals surface area contributed by atoms with Crippen LogP contribution in [0, 0.1) is 5.92 Å². The lowest BCUT2D eigenvalue weighted by atomic mass is 9.96. The molecular formula is C20H25ClN2O4S. The minimum absolute atomic E-state index is 0.171. The highest BCUT2D eigenvalue weighted by atomic mass is 35.5. The van der Waals surface area contributed by atoms with E-state index in [0.717, 1.165) is 24.0 Å². The second kappa shape index (κ2) is 9.30. The molecular weight excluding hydrogens is 400 g/mol. The van der Waals surface area contributed by atoms with Crippen LogP contribution < -0.4 is 14.8 Å². The monoisotopic (exact) mass is 424 g/mol. The fourth-order valence-electron chi connectivity index (χ4n) is 2.80. The van der Waals surface area contributed by atoms with Crippen molar-refractivity contribution in [3.8, 4) is 5.75 Å². The number of rotatable bonds is 8. The molecule has 0 radical (unpaired) electrons. The van der Waals surface area contributed by atoms with Crippen molar-refractivity contribution in [1.82, 2.24) is 5.32 Å². The first-order valence-corrected chi connectivity index (χ1v) is 11.1. The molecule has 0 aromatic heterocycles. The number of carbonyl (C=O) groups excluding carboxylic acids is 1. The lowest BCUT2D eigenvalue weighted by Gasteiger charge is -2.22. The summed E-state index contributed by atoms with van der Waals surface area (Å²) in [7, 11) is -1.82. The topological polar surface area (TPSA) is 84.5 Å². The zero-order valence-electron chi connectivity index (χ0n) is 16.3. The average Bonchev–Trinajstić information content (AvgIpc) is 2.59. The summed E-state index contributed by atoms with van der Waals surface area (Å²) >= 11 is 6.22. The first-order chi connectivity index (χ1) is 13.1. The highest BCUT2D eigenvalue weighted by molar-refractivity contribution is 7.92. The van der Waals surface area contributed by atoms with Gasteiger partial charge in [0.2, 0.25) is 10.0 Å². The van der Waals surface area contributed by atoms with Crippen LogP contribution >= 0.6 is 11.6 Å². The van der Waals surface area contributed by atoms with Gasteiger partial charge in [-0.3, -0.25) is 9.52 Å². The number of ether oxygens (including phenoxy) is 1. The van der Waals surface area contributed by atoms with Crippen LogP contribution in [0.2, 0.25) is 5.02 Å². The number of methoxy groups -OCH3 is 1. The lowest BCUT2D eigenvalue weighted by molar-refractivity contribution is 0.0932. The number of halogens is 1. The van der Waals surface area contributed by atoms with Crippen molar-refractivity contribution in [2.24, 2.45) is 5.92 Å². The molecule has 8 heteroatoms. The zero-order chi connectivity index (χ0) is 20.9. The second-order valence-corrected chi connectivity index (χ2v) is 9.15. The summed E-state index contributed by atoms with van der Waals surface area (Å²) in [5.74, 6) is 0.789. The molecule has 0 aliphatic carbocycles. The maximum Gasteiger partial charge on any atom is 0.253 e. The number of anilines is 1. The fraction of sp³-hybridized carbons (Fsp3) is 0.350. The molecule has 0 aliphatic heterocycles. The smallest absolute Gasteiger partial charge is 0.253 e. The highest BCUT2D eigenvalue weighted by Gasteiger charge is 2.19. The standard InChI is InChI=1S/C20H25ClN2O4S/c1-13(2)11-19(14-5-8-16(27-3)9-6-14)22-20(24)17-10-7-15(12-18(17)21)23-28(4,25)26/h5-10,12-13,19,23H,11H2,1-4H3,(H,22,24)/t19-/m0/s1. The largest absolute Gasteiger partial charge is 0.497 e. The van der Waals surface area contributed by atoms with Crippen LogP contribution in [0.1, 0.15) is 42.2 Å². The second-order valence-electron chi connectivity index (χ2n) is 7.00. The van der Waals surface area contributed by atoms with Crippen molar-refractivity contribution in [2.75, 3.05) is 18.1 Å². The number of benzene rings is 2. The van der Waals surface area contributed by atoms with Gasteiger partial charge in [0.1, 0.15) is 5.75 Å². The average molecular weight is 425 g/mol. The summed E-state index contributed by atoms with van der Waals surface area (Å²) in [6.07, 6.45) is 1.80. The Bertz CT molecular complexity index is 928. The molecule has 2 aromatic carbocycles. The molecule has 0 spiro atoms. The summed E-state index contributed by atoms with van der Waals surface area (Å²) in [6, 6.07) is 11.8. The van der Waals surface area contributed by atoms with Gasteiger partial charge < -0.3 is 10.1 Å². The van der Waals surface area contributed by atoms with Gasteiger partial charge in [0, 0.05) is 5.69 Å². The molecule has 1 atom stereocenters. The lowest BCUT2D eigenvalue weighted by Crippen LogP contribution is -2.29. The van der Waals surface area contributed by atoms with E-state index < -0.39 is 10.0 Å². The Morgan fingerprint density at radius 3 is 2.29 bits per heavy atom. The minimum atomic E-state index is -3.42. The summed E-state index contributed by atoms with van der Waals surface area (Å²) in [6.45, 7) is 4.17. The van der Waals surface area contributed by atoms with Crippen LogP contribution in [-0.4, -0.2) is 27.7 Å². The molecule has 0 heterocycles. The van der Waals surface area contributed by atoms with Crippen LogP contribution in [0.4, 0.5) is 5.69 Å². The van der Waals surface area contributed by atoms with Gasteiger partial charge in [-0.25, -0.2) is 8.42 Å². The maximum atomic E-state index is 12.8. The van der Waals surface area contributed by atoms with Crippen LogP contribution in [-0.2, 0) is 10.0 Å². The van der Waals surface area contributed by atoms with Gasteiger partial charge in [-0.05, 0) is 48.2 Å². The van der Waals surface area contributed by atoms with Gasteiger partial charge in [0.25, 0.3) is 5.91 Å². The third kappa shape index (κ3) is 6.42. The molecule has 2 aromatic rings. The molecule has 152 valence electrons. The molecule has 6 nitrogen and oxygen atoms in total. The Kier molecular flexibility index (Phi) is 7.32. The van der Waals surface area contributed by atoms with E-state index in [1.54, 1.807) is 7.11 Å². The molecule has 0 saturated carbocycles. The molecule has 2 N–H and O–H groups in total. The number of nitrogens with one attached hydrogen (secondary N) is 2. The number of sulfonamides is 1. The molecule has 0 aliphatic rings. The van der Waals surface area contributed by atoms with E-state index in [4.69, 9.17) is 16.3 Å². The SMILES string of the molecule is COc1ccc([C@H](CC(C)C)NC(=O)c2ccc(NS(C)(=O)=O)cc2Cl)cc1. The summed E-state index contributed by atoms with van der Waals surface area (Å²) < 4.78 is 30.2. The van der Waals surface area contributed by atoms with Gasteiger partial charge in [0.05, 0.1) is 30.0 Å². The normalized spacial score (nSPS) is 12.5. The number of carbonyl (C=O) groups is 1. The van der Waals surface area contributed by atoms with Gasteiger partial charge >= 0.3 is 0 Å². The molecule has 0 unspecified atom stereocenters. The first kappa shape index (κ1) is 22.0. The predicted molar refractivity (Wildman–Crippen MR) is 113 cm³/mol. The van der Waals surface area contributed by atoms with Crippen molar-refractivity contribution >= 4 is 33.2 Å². The minimum Gasteiger partial charge on any atom is -0.497 e. The van der Waals surface area contributed by atoms with E-state index in [0.29, 0.717) is 11.6 Å². The van der Waals surface area contributed by atoms with E-state index in [1.807, 2.05) is 24.3 Å². The van der Waals surface area contributed by atoms with Gasteiger partial charge in [-0.2, -0.15) is 0 Å².